The highest BCUT2D eigenvalue weighted by molar-refractivity contribution is 5.79. The maximum atomic E-state index is 12.8. The first-order valence-electron chi connectivity index (χ1n) is 10.6. The molecule has 8 heteroatoms. The molecule has 1 aliphatic heterocycles. The zero-order valence-corrected chi connectivity index (χ0v) is 17.4. The van der Waals surface area contributed by atoms with Crippen molar-refractivity contribution in [1.29, 1.82) is 0 Å². The minimum absolute atomic E-state index is 0.0689. The molecule has 0 radical (unpaired) electrons. The molecule has 0 aliphatic carbocycles. The first-order chi connectivity index (χ1) is 15.4. The van der Waals surface area contributed by atoms with Crippen molar-refractivity contribution < 1.29 is 22.7 Å². The summed E-state index contributed by atoms with van der Waals surface area (Å²) in [7, 11) is 0. The van der Waals surface area contributed by atoms with Gasteiger partial charge in [0.15, 0.2) is 0 Å². The molecule has 1 amide bonds. The number of aromatic nitrogens is 2. The lowest BCUT2D eigenvalue weighted by Gasteiger charge is -2.23. The fourth-order valence-electron chi connectivity index (χ4n) is 3.96. The second-order valence-electron chi connectivity index (χ2n) is 7.85. The molecule has 1 N–H and O–H groups in total. The Kier molecular flexibility index (Phi) is 6.48. The van der Waals surface area contributed by atoms with E-state index in [1.165, 1.54) is 12.1 Å². The third-order valence-electron chi connectivity index (χ3n) is 5.56. The largest absolute Gasteiger partial charge is 0.493 e. The summed E-state index contributed by atoms with van der Waals surface area (Å²) < 4.78 is 44.0. The van der Waals surface area contributed by atoms with Crippen molar-refractivity contribution in [2.75, 3.05) is 13.2 Å². The van der Waals surface area contributed by atoms with Gasteiger partial charge in [-0.1, -0.05) is 36.4 Å². The Morgan fingerprint density at radius 1 is 1.12 bits per heavy atom. The lowest BCUT2D eigenvalue weighted by atomic mass is 10.1. The average Bonchev–Trinajstić information content (AvgIpc) is 3.44. The van der Waals surface area contributed by atoms with E-state index in [4.69, 9.17) is 4.74 Å². The fourth-order valence-corrected chi connectivity index (χ4v) is 3.96. The van der Waals surface area contributed by atoms with Crippen LogP contribution in [0.1, 0.15) is 41.4 Å². The number of hydrogen-bond donors (Lipinski definition) is 1. The number of amides is 1. The smallest absolute Gasteiger partial charge is 0.416 e. The lowest BCUT2D eigenvalue weighted by molar-refractivity contribution is -0.137. The van der Waals surface area contributed by atoms with E-state index in [1.54, 1.807) is 0 Å². The number of likely N-dealkylation sites (tertiary alicyclic amines) is 1. The molecule has 4 rings (SSSR count). The number of carbonyl (C=O) groups excluding carboxylic acids is 1. The van der Waals surface area contributed by atoms with Crippen LogP contribution < -0.4 is 4.74 Å². The number of ether oxygens (including phenoxy) is 1. The first kappa shape index (κ1) is 21.9. The summed E-state index contributed by atoms with van der Waals surface area (Å²) in [5, 5.41) is 7.35. The summed E-state index contributed by atoms with van der Waals surface area (Å²) in [6.45, 7) is 0.918. The Balaban J connectivity index is 1.33. The first-order valence-corrected chi connectivity index (χ1v) is 10.6. The van der Waals surface area contributed by atoms with Gasteiger partial charge < -0.3 is 9.64 Å². The summed E-state index contributed by atoms with van der Waals surface area (Å²) in [6.07, 6.45) is -1.80. The molecule has 1 fully saturated rings. The molecule has 3 aromatic rings. The number of aromatic amines is 1. The maximum Gasteiger partial charge on any atom is 0.416 e. The molecule has 1 saturated heterocycles. The highest BCUT2D eigenvalue weighted by atomic mass is 19.4. The standard InChI is InChI=1S/C24H24F3N3O2/c25-24(26,27)18-8-4-9-20(15-18)32-13-11-19-16-21(29-28-19)22-10-5-12-30(22)23(31)14-17-6-2-1-3-7-17/h1-4,6-9,15-16,22H,5,10-14H2,(H,28,29)/t22-/m0/s1. The number of alkyl halides is 3. The van der Waals surface area contributed by atoms with Crippen LogP contribution in [0, 0.1) is 0 Å². The zero-order chi connectivity index (χ0) is 22.6. The van der Waals surface area contributed by atoms with E-state index in [9.17, 15) is 18.0 Å². The summed E-state index contributed by atoms with van der Waals surface area (Å²) >= 11 is 0. The van der Waals surface area contributed by atoms with Crippen LogP contribution in [0.2, 0.25) is 0 Å². The number of halogens is 3. The highest BCUT2D eigenvalue weighted by Gasteiger charge is 2.32. The van der Waals surface area contributed by atoms with Crippen molar-refractivity contribution in [3.8, 4) is 5.75 Å². The van der Waals surface area contributed by atoms with Gasteiger partial charge in [-0.05, 0) is 42.7 Å². The van der Waals surface area contributed by atoms with Gasteiger partial charge in [-0.15, -0.1) is 0 Å². The topological polar surface area (TPSA) is 58.2 Å². The van der Waals surface area contributed by atoms with Crippen molar-refractivity contribution in [2.45, 2.75) is 37.9 Å². The summed E-state index contributed by atoms with van der Waals surface area (Å²) in [4.78, 5) is 14.7. The number of hydrogen-bond acceptors (Lipinski definition) is 3. The van der Waals surface area contributed by atoms with E-state index in [0.29, 0.717) is 19.4 Å². The van der Waals surface area contributed by atoms with Crippen molar-refractivity contribution in [3.63, 3.8) is 0 Å². The second kappa shape index (κ2) is 9.46. The molecule has 0 unspecified atom stereocenters. The predicted octanol–water partition coefficient (Wildman–Crippen LogP) is 4.96. The van der Waals surface area contributed by atoms with Gasteiger partial charge in [0.25, 0.3) is 0 Å². The second-order valence-corrected chi connectivity index (χ2v) is 7.85. The molecule has 1 atom stereocenters. The number of carbonyl (C=O) groups is 1. The molecule has 168 valence electrons. The molecular formula is C24H24F3N3O2. The van der Waals surface area contributed by atoms with E-state index in [2.05, 4.69) is 10.2 Å². The maximum absolute atomic E-state index is 12.8. The monoisotopic (exact) mass is 443 g/mol. The van der Waals surface area contributed by atoms with Crippen LogP contribution in [0.25, 0.3) is 0 Å². The normalized spacial score (nSPS) is 16.3. The molecule has 5 nitrogen and oxygen atoms in total. The summed E-state index contributed by atoms with van der Waals surface area (Å²) in [5.41, 5.74) is 1.87. The van der Waals surface area contributed by atoms with Crippen LogP contribution in [0.3, 0.4) is 0 Å². The summed E-state index contributed by atoms with van der Waals surface area (Å²) in [6, 6.07) is 16.3. The van der Waals surface area contributed by atoms with Gasteiger partial charge in [0.1, 0.15) is 5.75 Å². The van der Waals surface area contributed by atoms with Crippen molar-refractivity contribution in [3.05, 3.63) is 83.2 Å². The molecule has 0 bridgehead atoms. The van der Waals surface area contributed by atoms with Gasteiger partial charge in [-0.3, -0.25) is 9.89 Å². The van der Waals surface area contributed by atoms with Crippen molar-refractivity contribution >= 4 is 5.91 Å². The van der Waals surface area contributed by atoms with Gasteiger partial charge in [0.05, 0.1) is 30.3 Å². The van der Waals surface area contributed by atoms with Crippen molar-refractivity contribution in [1.82, 2.24) is 15.1 Å². The predicted molar refractivity (Wildman–Crippen MR) is 113 cm³/mol. The van der Waals surface area contributed by atoms with E-state index < -0.39 is 11.7 Å². The Hall–Kier alpha value is -3.29. The zero-order valence-electron chi connectivity index (χ0n) is 17.4. The molecule has 1 aromatic heterocycles. The van der Waals surface area contributed by atoms with Crippen LogP contribution in [0.4, 0.5) is 13.2 Å². The molecule has 1 aliphatic rings. The Labute approximate surface area is 184 Å². The van der Waals surface area contributed by atoms with Crippen molar-refractivity contribution in [2.24, 2.45) is 0 Å². The fraction of sp³-hybridized carbons (Fsp3) is 0.333. The quantitative estimate of drug-likeness (QED) is 0.562. The Morgan fingerprint density at radius 2 is 1.94 bits per heavy atom. The van der Waals surface area contributed by atoms with Gasteiger partial charge in [-0.25, -0.2) is 0 Å². The van der Waals surface area contributed by atoms with Gasteiger partial charge in [0.2, 0.25) is 5.91 Å². The molecule has 0 spiro atoms. The van der Waals surface area contributed by atoms with Crippen LogP contribution in [0.5, 0.6) is 5.75 Å². The molecule has 2 heterocycles. The number of nitrogens with zero attached hydrogens (tertiary/aromatic N) is 2. The minimum atomic E-state index is -4.40. The Bertz CT molecular complexity index is 1050. The van der Waals surface area contributed by atoms with Crippen LogP contribution >= 0.6 is 0 Å². The van der Waals surface area contributed by atoms with Crippen LogP contribution in [-0.4, -0.2) is 34.2 Å². The third-order valence-corrected chi connectivity index (χ3v) is 5.56. The van der Waals surface area contributed by atoms with E-state index in [1.807, 2.05) is 41.3 Å². The molecular weight excluding hydrogens is 419 g/mol. The average molecular weight is 443 g/mol. The van der Waals surface area contributed by atoms with Crippen LogP contribution in [0.15, 0.2) is 60.7 Å². The highest BCUT2D eigenvalue weighted by Crippen LogP contribution is 2.32. The summed E-state index contributed by atoms with van der Waals surface area (Å²) in [5.74, 6) is 0.254. The SMILES string of the molecule is O=C(Cc1ccccc1)N1CCC[C@H]1c1cc(CCOc2cccc(C(F)(F)F)c2)[nH]n1. The Morgan fingerprint density at radius 3 is 2.72 bits per heavy atom. The van der Waals surface area contributed by atoms with Gasteiger partial charge in [0, 0.05) is 18.7 Å². The molecule has 0 saturated carbocycles. The van der Waals surface area contributed by atoms with E-state index in [-0.39, 0.29) is 24.3 Å². The van der Waals surface area contributed by atoms with E-state index in [0.717, 1.165) is 41.9 Å². The minimum Gasteiger partial charge on any atom is -0.493 e. The van der Waals surface area contributed by atoms with Crippen LogP contribution in [-0.2, 0) is 23.8 Å². The molecule has 32 heavy (non-hydrogen) atoms. The number of H-pyrrole nitrogens is 1. The van der Waals surface area contributed by atoms with E-state index >= 15 is 0 Å². The number of benzene rings is 2. The van der Waals surface area contributed by atoms with Gasteiger partial charge >= 0.3 is 6.18 Å². The number of rotatable bonds is 7. The lowest BCUT2D eigenvalue weighted by Crippen LogP contribution is -2.32. The third kappa shape index (κ3) is 5.30. The van der Waals surface area contributed by atoms with Gasteiger partial charge in [-0.2, -0.15) is 18.3 Å². The molecule has 2 aromatic carbocycles. The number of nitrogens with one attached hydrogen (secondary N) is 1.